The Hall–Kier alpha value is -1.58. The maximum Gasteiger partial charge on any atom is 0.0536 e. The first-order valence-electron chi connectivity index (χ1n) is 9.52. The van der Waals surface area contributed by atoms with Crippen LogP contribution in [0.4, 0.5) is 0 Å². The third-order valence-corrected chi connectivity index (χ3v) is 4.44. The number of rotatable bonds is 4. The number of aliphatic hydroxyl groups is 2. The molecule has 1 aromatic heterocycles. The average Bonchev–Trinajstić information content (AvgIpc) is 2.62. The molecule has 3 rings (SSSR count). The standard InChI is InChI=1S/C19H18N.C5H12O2.Ir/c1-13(2)15-8-10-16(11-9-15)19-18-7-5-4-6-17(18)14(3)12-20-19;1-4(6)3-5(2)7;/h4-10,12-13H,1-3H3;4-7H,3H2,1-2H3;/q-1;;. The minimum atomic E-state index is -0.375. The predicted octanol–water partition coefficient (Wildman–Crippen LogP) is 5.27. The van der Waals surface area contributed by atoms with Gasteiger partial charge in [0, 0.05) is 26.3 Å². The van der Waals surface area contributed by atoms with E-state index < -0.39 is 0 Å². The zero-order valence-corrected chi connectivity index (χ0v) is 19.6. The van der Waals surface area contributed by atoms with Gasteiger partial charge in [-0.25, -0.2) is 0 Å². The summed E-state index contributed by atoms with van der Waals surface area (Å²) >= 11 is 0. The van der Waals surface area contributed by atoms with Gasteiger partial charge < -0.3 is 15.2 Å². The summed E-state index contributed by atoms with van der Waals surface area (Å²) in [4.78, 5) is 4.62. The Morgan fingerprint density at radius 3 is 2.00 bits per heavy atom. The van der Waals surface area contributed by atoms with Gasteiger partial charge in [0.15, 0.2) is 0 Å². The van der Waals surface area contributed by atoms with Gasteiger partial charge in [0.1, 0.15) is 0 Å². The predicted molar refractivity (Wildman–Crippen MR) is 113 cm³/mol. The maximum atomic E-state index is 8.56. The van der Waals surface area contributed by atoms with Crippen LogP contribution in [0.1, 0.15) is 51.2 Å². The number of aliphatic hydroxyl groups excluding tert-OH is 2. The molecule has 0 spiro atoms. The van der Waals surface area contributed by atoms with E-state index in [1.54, 1.807) is 13.8 Å². The molecule has 1 heterocycles. The van der Waals surface area contributed by atoms with E-state index in [1.165, 1.54) is 21.9 Å². The number of nitrogens with zero attached hydrogens (tertiary/aromatic N) is 1. The third kappa shape index (κ3) is 6.79. The molecule has 2 atom stereocenters. The van der Waals surface area contributed by atoms with Crippen molar-refractivity contribution in [1.29, 1.82) is 0 Å². The van der Waals surface area contributed by atoms with Crippen LogP contribution in [-0.2, 0) is 20.1 Å². The van der Waals surface area contributed by atoms with Crippen LogP contribution < -0.4 is 0 Å². The summed E-state index contributed by atoms with van der Waals surface area (Å²) in [5, 5.41) is 19.6. The Bertz CT molecular complexity index is 852. The number of hydrogen-bond acceptors (Lipinski definition) is 3. The molecule has 2 aromatic carbocycles. The molecule has 0 saturated heterocycles. The van der Waals surface area contributed by atoms with E-state index in [1.807, 2.05) is 6.20 Å². The number of aryl methyl sites for hydroxylation is 1. The molecule has 0 aliphatic carbocycles. The van der Waals surface area contributed by atoms with Gasteiger partial charge in [0.25, 0.3) is 0 Å². The summed E-state index contributed by atoms with van der Waals surface area (Å²) < 4.78 is 0. The molecule has 28 heavy (non-hydrogen) atoms. The quantitative estimate of drug-likeness (QED) is 0.431. The van der Waals surface area contributed by atoms with Gasteiger partial charge >= 0.3 is 0 Å². The first-order chi connectivity index (χ1) is 12.8. The Labute approximate surface area is 182 Å². The zero-order chi connectivity index (χ0) is 20.0. The van der Waals surface area contributed by atoms with Gasteiger partial charge in [-0.1, -0.05) is 44.0 Å². The first-order valence-corrected chi connectivity index (χ1v) is 9.52. The van der Waals surface area contributed by atoms with Crippen molar-refractivity contribution in [2.24, 2.45) is 0 Å². The minimum Gasteiger partial charge on any atom is -0.393 e. The van der Waals surface area contributed by atoms with Crippen LogP contribution in [0.15, 0.2) is 48.7 Å². The fourth-order valence-corrected chi connectivity index (χ4v) is 2.99. The molecule has 0 aliphatic heterocycles. The van der Waals surface area contributed by atoms with Crippen molar-refractivity contribution in [3.63, 3.8) is 0 Å². The topological polar surface area (TPSA) is 53.4 Å². The van der Waals surface area contributed by atoms with Crippen molar-refractivity contribution >= 4 is 10.8 Å². The molecule has 0 bridgehead atoms. The summed E-state index contributed by atoms with van der Waals surface area (Å²) in [6.45, 7) is 9.81. The molecule has 4 heteroatoms. The molecule has 0 fully saturated rings. The van der Waals surface area contributed by atoms with Crippen LogP contribution in [0.25, 0.3) is 22.0 Å². The molecule has 2 unspecified atom stereocenters. The van der Waals surface area contributed by atoms with E-state index in [0.717, 1.165) is 11.3 Å². The summed E-state index contributed by atoms with van der Waals surface area (Å²) in [7, 11) is 0. The second-order valence-electron chi connectivity index (χ2n) is 7.46. The van der Waals surface area contributed by atoms with E-state index in [-0.39, 0.29) is 32.3 Å². The monoisotopic (exact) mass is 557 g/mol. The Morgan fingerprint density at radius 2 is 1.54 bits per heavy atom. The number of hydrogen-bond donors (Lipinski definition) is 2. The molecule has 1 radical (unpaired) electrons. The van der Waals surface area contributed by atoms with Crippen LogP contribution in [0.2, 0.25) is 0 Å². The van der Waals surface area contributed by atoms with Gasteiger partial charge in [0.2, 0.25) is 0 Å². The second kappa shape index (κ2) is 11.4. The molecular formula is C24H30IrNO2-. The number of pyridine rings is 1. The molecule has 0 amide bonds. The summed E-state index contributed by atoms with van der Waals surface area (Å²) in [5.74, 6) is 0.531. The molecular weight excluding hydrogens is 526 g/mol. The van der Waals surface area contributed by atoms with E-state index >= 15 is 0 Å². The average molecular weight is 557 g/mol. The third-order valence-electron chi connectivity index (χ3n) is 4.44. The Kier molecular flexibility index (Phi) is 9.98. The van der Waals surface area contributed by atoms with Crippen molar-refractivity contribution in [3.05, 3.63) is 65.9 Å². The zero-order valence-electron chi connectivity index (χ0n) is 17.2. The molecule has 0 saturated carbocycles. The molecule has 3 aromatic rings. The van der Waals surface area contributed by atoms with E-state index in [0.29, 0.717) is 12.3 Å². The smallest absolute Gasteiger partial charge is 0.0536 e. The first kappa shape index (κ1) is 24.5. The number of aromatic nitrogens is 1. The van der Waals surface area contributed by atoms with Gasteiger partial charge in [-0.2, -0.15) is 0 Å². The fraction of sp³-hybridized carbons (Fsp3) is 0.375. The van der Waals surface area contributed by atoms with Crippen molar-refractivity contribution in [1.82, 2.24) is 4.98 Å². The number of benzene rings is 2. The normalized spacial score (nSPS) is 12.7. The van der Waals surface area contributed by atoms with Crippen LogP contribution in [0, 0.1) is 13.0 Å². The number of fused-ring (bicyclic) bond motifs is 1. The fourth-order valence-electron chi connectivity index (χ4n) is 2.99. The Balaban J connectivity index is 0.000000425. The Morgan fingerprint density at radius 1 is 0.929 bits per heavy atom. The second-order valence-corrected chi connectivity index (χ2v) is 7.46. The molecule has 0 aliphatic rings. The van der Waals surface area contributed by atoms with Crippen LogP contribution in [-0.4, -0.2) is 27.4 Å². The van der Waals surface area contributed by atoms with Gasteiger partial charge in [-0.3, -0.25) is 0 Å². The SMILES string of the molecule is CC(O)CC(C)O.Cc1cnc(-c2[c-]cc(C(C)C)cc2)c2ccccc12.[Ir]. The van der Waals surface area contributed by atoms with Gasteiger partial charge in [0.05, 0.1) is 12.2 Å². The van der Waals surface area contributed by atoms with E-state index in [9.17, 15) is 0 Å². The maximum absolute atomic E-state index is 8.56. The largest absolute Gasteiger partial charge is 0.393 e. The van der Waals surface area contributed by atoms with Crippen molar-refractivity contribution in [2.75, 3.05) is 0 Å². The van der Waals surface area contributed by atoms with Crippen molar-refractivity contribution in [3.8, 4) is 11.3 Å². The van der Waals surface area contributed by atoms with Crippen LogP contribution in [0.5, 0.6) is 0 Å². The minimum absolute atomic E-state index is 0. The van der Waals surface area contributed by atoms with Gasteiger partial charge in [-0.05, 0) is 49.2 Å². The molecule has 3 nitrogen and oxygen atoms in total. The molecule has 2 N–H and O–H groups in total. The van der Waals surface area contributed by atoms with E-state index in [4.69, 9.17) is 10.2 Å². The van der Waals surface area contributed by atoms with Crippen LogP contribution in [0.3, 0.4) is 0 Å². The summed E-state index contributed by atoms with van der Waals surface area (Å²) in [6, 6.07) is 18.2. The molecule has 153 valence electrons. The van der Waals surface area contributed by atoms with E-state index in [2.05, 4.69) is 74.3 Å². The van der Waals surface area contributed by atoms with Crippen LogP contribution >= 0.6 is 0 Å². The van der Waals surface area contributed by atoms with Gasteiger partial charge in [-0.15, -0.1) is 35.4 Å². The summed E-state index contributed by atoms with van der Waals surface area (Å²) in [6.07, 6.45) is 1.67. The van der Waals surface area contributed by atoms with Crippen molar-refractivity contribution in [2.45, 2.75) is 59.2 Å². The summed E-state index contributed by atoms with van der Waals surface area (Å²) in [5.41, 5.74) is 4.60. The van der Waals surface area contributed by atoms with Crippen molar-refractivity contribution < 1.29 is 30.3 Å².